The van der Waals surface area contributed by atoms with Crippen molar-refractivity contribution < 1.29 is 19.8 Å². The van der Waals surface area contributed by atoms with Gasteiger partial charge < -0.3 is 15.1 Å². The summed E-state index contributed by atoms with van der Waals surface area (Å²) in [5, 5.41) is 18.3. The van der Waals surface area contributed by atoms with Crippen molar-refractivity contribution in [1.82, 2.24) is 4.90 Å². The number of allylic oxidation sites excluding steroid dienone is 2. The zero-order valence-electron chi connectivity index (χ0n) is 11.0. The average molecular weight is 267 g/mol. The van der Waals surface area contributed by atoms with Gasteiger partial charge in [-0.15, -0.1) is 0 Å². The number of aliphatic hydroxyl groups excluding tert-OH is 1. The third kappa shape index (κ3) is 3.15. The lowest BCUT2D eigenvalue weighted by Crippen LogP contribution is -2.45. The SMILES string of the molecule is O=C(O)[C@H]1CC=CC[C@H]1C(=O)N1CCC(CO)CC1. The van der Waals surface area contributed by atoms with Gasteiger partial charge in [0.1, 0.15) is 0 Å². The van der Waals surface area contributed by atoms with Gasteiger partial charge in [-0.05, 0) is 31.6 Å². The molecule has 2 aliphatic rings. The number of piperidine rings is 1. The van der Waals surface area contributed by atoms with Crippen molar-refractivity contribution >= 4 is 11.9 Å². The maximum atomic E-state index is 12.4. The number of carboxylic acid groups (broad SMARTS) is 1. The van der Waals surface area contributed by atoms with Gasteiger partial charge in [0.05, 0.1) is 11.8 Å². The van der Waals surface area contributed by atoms with Crippen LogP contribution in [0.4, 0.5) is 0 Å². The molecular formula is C14H21NO4. The van der Waals surface area contributed by atoms with Crippen LogP contribution < -0.4 is 0 Å². The highest BCUT2D eigenvalue weighted by Gasteiger charge is 2.37. The fourth-order valence-corrected chi connectivity index (χ4v) is 2.93. The van der Waals surface area contributed by atoms with Crippen LogP contribution in [0.25, 0.3) is 0 Å². The van der Waals surface area contributed by atoms with E-state index in [1.165, 1.54) is 0 Å². The third-order valence-electron chi connectivity index (χ3n) is 4.25. The zero-order valence-corrected chi connectivity index (χ0v) is 11.0. The number of carbonyl (C=O) groups excluding carboxylic acids is 1. The van der Waals surface area contributed by atoms with E-state index in [0.717, 1.165) is 12.8 Å². The van der Waals surface area contributed by atoms with Crippen molar-refractivity contribution in [3.8, 4) is 0 Å². The number of nitrogens with zero attached hydrogens (tertiary/aromatic N) is 1. The highest BCUT2D eigenvalue weighted by atomic mass is 16.4. The molecule has 5 nitrogen and oxygen atoms in total. The number of aliphatic carboxylic acids is 1. The van der Waals surface area contributed by atoms with E-state index in [4.69, 9.17) is 5.11 Å². The van der Waals surface area contributed by atoms with E-state index in [-0.39, 0.29) is 18.4 Å². The van der Waals surface area contributed by atoms with Crippen LogP contribution in [0.3, 0.4) is 0 Å². The summed E-state index contributed by atoms with van der Waals surface area (Å²) in [4.78, 5) is 25.4. The van der Waals surface area contributed by atoms with E-state index in [1.54, 1.807) is 4.90 Å². The number of likely N-dealkylation sites (tertiary alicyclic amines) is 1. The summed E-state index contributed by atoms with van der Waals surface area (Å²) in [7, 11) is 0. The first-order valence-corrected chi connectivity index (χ1v) is 6.91. The Labute approximate surface area is 112 Å². The lowest BCUT2D eigenvalue weighted by molar-refractivity contribution is -0.151. The van der Waals surface area contributed by atoms with Gasteiger partial charge in [-0.2, -0.15) is 0 Å². The topological polar surface area (TPSA) is 77.8 Å². The standard InChI is InChI=1S/C14H21NO4/c16-9-10-5-7-15(8-6-10)13(17)11-3-1-2-4-12(11)14(18)19/h1-2,10-12,16H,3-9H2,(H,18,19)/t11-,12+/m1/s1. The van der Waals surface area contributed by atoms with Crippen LogP contribution in [0.1, 0.15) is 25.7 Å². The van der Waals surface area contributed by atoms with E-state index < -0.39 is 17.8 Å². The van der Waals surface area contributed by atoms with Gasteiger partial charge in [0.2, 0.25) is 5.91 Å². The molecule has 0 aromatic rings. The Morgan fingerprint density at radius 1 is 1.11 bits per heavy atom. The third-order valence-corrected chi connectivity index (χ3v) is 4.25. The Kier molecular flexibility index (Phi) is 4.58. The van der Waals surface area contributed by atoms with Gasteiger partial charge in [-0.1, -0.05) is 12.2 Å². The van der Waals surface area contributed by atoms with E-state index in [0.29, 0.717) is 25.9 Å². The van der Waals surface area contributed by atoms with Gasteiger partial charge in [-0.3, -0.25) is 9.59 Å². The molecule has 1 aliphatic heterocycles. The molecule has 19 heavy (non-hydrogen) atoms. The fraction of sp³-hybridized carbons (Fsp3) is 0.714. The number of hydrogen-bond acceptors (Lipinski definition) is 3. The number of carbonyl (C=O) groups is 2. The molecule has 1 aliphatic carbocycles. The maximum Gasteiger partial charge on any atom is 0.307 e. The van der Waals surface area contributed by atoms with Crippen molar-refractivity contribution in [1.29, 1.82) is 0 Å². The molecule has 2 N–H and O–H groups in total. The number of rotatable bonds is 3. The van der Waals surface area contributed by atoms with Crippen LogP contribution >= 0.6 is 0 Å². The number of carboxylic acids is 1. The molecule has 0 unspecified atom stereocenters. The van der Waals surface area contributed by atoms with E-state index >= 15 is 0 Å². The predicted molar refractivity (Wildman–Crippen MR) is 69.4 cm³/mol. The van der Waals surface area contributed by atoms with Crippen LogP contribution in [-0.4, -0.2) is 46.7 Å². The molecule has 1 heterocycles. The molecule has 0 saturated carbocycles. The van der Waals surface area contributed by atoms with Crippen LogP contribution in [0.2, 0.25) is 0 Å². The lowest BCUT2D eigenvalue weighted by Gasteiger charge is -2.35. The molecule has 0 spiro atoms. The quantitative estimate of drug-likeness (QED) is 0.744. The van der Waals surface area contributed by atoms with Crippen molar-refractivity contribution in [3.05, 3.63) is 12.2 Å². The molecule has 2 atom stereocenters. The van der Waals surface area contributed by atoms with E-state index in [2.05, 4.69) is 0 Å². The van der Waals surface area contributed by atoms with Gasteiger partial charge in [0.15, 0.2) is 0 Å². The minimum Gasteiger partial charge on any atom is -0.481 e. The normalized spacial score (nSPS) is 28.4. The van der Waals surface area contributed by atoms with Crippen LogP contribution in [-0.2, 0) is 9.59 Å². The van der Waals surface area contributed by atoms with Gasteiger partial charge >= 0.3 is 5.97 Å². The minimum absolute atomic E-state index is 0.0341. The molecule has 1 fully saturated rings. The highest BCUT2D eigenvalue weighted by Crippen LogP contribution is 2.29. The number of aliphatic hydroxyl groups is 1. The van der Waals surface area contributed by atoms with Gasteiger partial charge in [0, 0.05) is 19.7 Å². The second-order valence-corrected chi connectivity index (χ2v) is 5.45. The summed E-state index contributed by atoms with van der Waals surface area (Å²) in [5.74, 6) is -1.65. The van der Waals surface area contributed by atoms with Crippen molar-refractivity contribution in [2.45, 2.75) is 25.7 Å². The molecule has 106 valence electrons. The minimum atomic E-state index is -0.882. The van der Waals surface area contributed by atoms with Crippen molar-refractivity contribution in [2.75, 3.05) is 19.7 Å². The fourth-order valence-electron chi connectivity index (χ4n) is 2.93. The highest BCUT2D eigenvalue weighted by molar-refractivity contribution is 5.85. The Bertz CT molecular complexity index is 372. The molecule has 1 amide bonds. The summed E-state index contributed by atoms with van der Waals surface area (Å²) >= 11 is 0. The molecule has 1 saturated heterocycles. The second kappa shape index (κ2) is 6.19. The first-order chi connectivity index (χ1) is 9.13. The predicted octanol–water partition coefficient (Wildman–Crippen LogP) is 0.884. The zero-order chi connectivity index (χ0) is 13.8. The van der Waals surface area contributed by atoms with Crippen LogP contribution in [0.15, 0.2) is 12.2 Å². The summed E-state index contributed by atoms with van der Waals surface area (Å²) in [6.45, 7) is 1.44. The number of amides is 1. The smallest absolute Gasteiger partial charge is 0.307 e. The molecule has 0 aromatic heterocycles. The van der Waals surface area contributed by atoms with Gasteiger partial charge in [0.25, 0.3) is 0 Å². The lowest BCUT2D eigenvalue weighted by atomic mass is 9.81. The van der Waals surface area contributed by atoms with E-state index in [9.17, 15) is 14.7 Å². The summed E-state index contributed by atoms with van der Waals surface area (Å²) < 4.78 is 0. The Hall–Kier alpha value is -1.36. The monoisotopic (exact) mass is 267 g/mol. The van der Waals surface area contributed by atoms with Crippen molar-refractivity contribution in [3.63, 3.8) is 0 Å². The Morgan fingerprint density at radius 2 is 1.68 bits per heavy atom. The molecule has 2 rings (SSSR count). The molecular weight excluding hydrogens is 246 g/mol. The van der Waals surface area contributed by atoms with Gasteiger partial charge in [-0.25, -0.2) is 0 Å². The maximum absolute atomic E-state index is 12.4. The van der Waals surface area contributed by atoms with Crippen molar-refractivity contribution in [2.24, 2.45) is 17.8 Å². The van der Waals surface area contributed by atoms with E-state index in [1.807, 2.05) is 12.2 Å². The van der Waals surface area contributed by atoms with Crippen LogP contribution in [0.5, 0.6) is 0 Å². The first-order valence-electron chi connectivity index (χ1n) is 6.91. The first kappa shape index (κ1) is 14.1. The average Bonchev–Trinajstić information content (AvgIpc) is 2.46. The van der Waals surface area contributed by atoms with Crippen LogP contribution in [0, 0.1) is 17.8 Å². The Balaban J connectivity index is 1.98. The number of hydrogen-bond donors (Lipinski definition) is 2. The molecule has 0 radical (unpaired) electrons. The molecule has 5 heteroatoms. The summed E-state index contributed by atoms with van der Waals surface area (Å²) in [6, 6.07) is 0. The Morgan fingerprint density at radius 3 is 2.21 bits per heavy atom. The molecule has 0 aromatic carbocycles. The summed E-state index contributed by atoms with van der Waals surface area (Å²) in [5.41, 5.74) is 0. The largest absolute Gasteiger partial charge is 0.481 e. The summed E-state index contributed by atoms with van der Waals surface area (Å²) in [6.07, 6.45) is 6.34. The molecule has 0 bridgehead atoms. The second-order valence-electron chi connectivity index (χ2n) is 5.45.